The summed E-state index contributed by atoms with van der Waals surface area (Å²) in [5, 5.41) is 8.99. The van der Waals surface area contributed by atoms with E-state index in [1.54, 1.807) is 6.20 Å². The molecule has 0 aliphatic heterocycles. The second-order valence-electron chi connectivity index (χ2n) is 3.25. The number of aromatic nitrogens is 1. The zero-order chi connectivity index (χ0) is 9.68. The number of nitriles is 1. The van der Waals surface area contributed by atoms with Gasteiger partial charge in [0.25, 0.3) is 0 Å². The van der Waals surface area contributed by atoms with Crippen LogP contribution < -0.4 is 0 Å². The third-order valence-corrected chi connectivity index (χ3v) is 2.36. The normalized spacial score (nSPS) is 14.5. The van der Waals surface area contributed by atoms with Crippen molar-refractivity contribution < 1.29 is 0 Å². The molecular formula is C11H14N2. The standard InChI is InChI=1S/C11H14N2/c1-3-9(2)10(8-12)11-6-4-5-7-13-11/h4-7,9-10H,3H2,1-2H3. The predicted molar refractivity (Wildman–Crippen MR) is 52.0 cm³/mol. The van der Waals surface area contributed by atoms with E-state index in [9.17, 15) is 0 Å². The van der Waals surface area contributed by atoms with E-state index in [0.29, 0.717) is 5.92 Å². The lowest BCUT2D eigenvalue weighted by Gasteiger charge is -2.14. The number of rotatable bonds is 3. The van der Waals surface area contributed by atoms with Gasteiger partial charge in [0.1, 0.15) is 0 Å². The molecule has 1 aromatic rings. The van der Waals surface area contributed by atoms with Gasteiger partial charge in [0.05, 0.1) is 17.7 Å². The van der Waals surface area contributed by atoms with Crippen molar-refractivity contribution in [3.63, 3.8) is 0 Å². The molecule has 0 saturated carbocycles. The Hall–Kier alpha value is -1.36. The van der Waals surface area contributed by atoms with Gasteiger partial charge in [-0.1, -0.05) is 26.3 Å². The highest BCUT2D eigenvalue weighted by molar-refractivity contribution is 5.17. The Balaban J connectivity index is 2.86. The number of hydrogen-bond acceptors (Lipinski definition) is 2. The highest BCUT2D eigenvalue weighted by Gasteiger charge is 2.17. The molecule has 13 heavy (non-hydrogen) atoms. The molecule has 2 atom stereocenters. The van der Waals surface area contributed by atoms with Crippen molar-refractivity contribution in [1.82, 2.24) is 4.98 Å². The van der Waals surface area contributed by atoms with Gasteiger partial charge in [-0.15, -0.1) is 0 Å². The maximum absolute atomic E-state index is 8.99. The largest absolute Gasteiger partial charge is 0.260 e. The van der Waals surface area contributed by atoms with Crippen molar-refractivity contribution in [2.75, 3.05) is 0 Å². The summed E-state index contributed by atoms with van der Waals surface area (Å²) in [5.74, 6) is 0.311. The molecular weight excluding hydrogens is 160 g/mol. The molecule has 0 aromatic carbocycles. The first-order valence-corrected chi connectivity index (χ1v) is 4.60. The van der Waals surface area contributed by atoms with E-state index in [1.807, 2.05) is 18.2 Å². The monoisotopic (exact) mass is 174 g/mol. The van der Waals surface area contributed by atoms with Crippen molar-refractivity contribution in [2.45, 2.75) is 26.2 Å². The summed E-state index contributed by atoms with van der Waals surface area (Å²) in [5.41, 5.74) is 0.888. The van der Waals surface area contributed by atoms with Crippen LogP contribution in [0.4, 0.5) is 0 Å². The van der Waals surface area contributed by atoms with Crippen molar-refractivity contribution >= 4 is 0 Å². The van der Waals surface area contributed by atoms with Crippen LogP contribution in [0.2, 0.25) is 0 Å². The lowest BCUT2D eigenvalue weighted by Crippen LogP contribution is -2.08. The summed E-state index contributed by atoms with van der Waals surface area (Å²) in [7, 11) is 0. The summed E-state index contributed by atoms with van der Waals surface area (Å²) in [4.78, 5) is 4.20. The third kappa shape index (κ3) is 2.29. The van der Waals surface area contributed by atoms with Gasteiger partial charge >= 0.3 is 0 Å². The average Bonchev–Trinajstić information content (AvgIpc) is 2.20. The fourth-order valence-corrected chi connectivity index (χ4v) is 1.28. The summed E-state index contributed by atoms with van der Waals surface area (Å²) in [6, 6.07) is 8.02. The van der Waals surface area contributed by atoms with Gasteiger partial charge in [0.2, 0.25) is 0 Å². The van der Waals surface area contributed by atoms with Crippen LogP contribution in [0, 0.1) is 17.2 Å². The Bertz CT molecular complexity index is 287. The molecule has 1 aromatic heterocycles. The molecule has 0 saturated heterocycles. The van der Waals surface area contributed by atoms with E-state index in [-0.39, 0.29) is 5.92 Å². The van der Waals surface area contributed by atoms with Crippen LogP contribution in [0.1, 0.15) is 31.9 Å². The zero-order valence-corrected chi connectivity index (χ0v) is 8.07. The minimum Gasteiger partial charge on any atom is -0.260 e. The van der Waals surface area contributed by atoms with E-state index in [4.69, 9.17) is 5.26 Å². The van der Waals surface area contributed by atoms with Crippen LogP contribution in [0.25, 0.3) is 0 Å². The van der Waals surface area contributed by atoms with Gasteiger partial charge in [-0.25, -0.2) is 0 Å². The van der Waals surface area contributed by atoms with Crippen LogP contribution in [0.15, 0.2) is 24.4 Å². The minimum absolute atomic E-state index is 0.0637. The van der Waals surface area contributed by atoms with E-state index in [0.717, 1.165) is 12.1 Å². The molecule has 0 amide bonds. The van der Waals surface area contributed by atoms with E-state index in [1.165, 1.54) is 0 Å². The van der Waals surface area contributed by atoms with Crippen molar-refractivity contribution in [1.29, 1.82) is 5.26 Å². The Morgan fingerprint density at radius 3 is 2.77 bits per heavy atom. The maximum Gasteiger partial charge on any atom is 0.0910 e. The smallest absolute Gasteiger partial charge is 0.0910 e. The molecule has 2 unspecified atom stereocenters. The second kappa shape index (κ2) is 4.61. The molecule has 2 heteroatoms. The van der Waals surface area contributed by atoms with E-state index >= 15 is 0 Å². The lowest BCUT2D eigenvalue weighted by atomic mass is 9.90. The van der Waals surface area contributed by atoms with Gasteiger partial charge in [-0.2, -0.15) is 5.26 Å². The Morgan fingerprint density at radius 1 is 1.54 bits per heavy atom. The predicted octanol–water partition coefficient (Wildman–Crippen LogP) is 2.73. The molecule has 2 nitrogen and oxygen atoms in total. The topological polar surface area (TPSA) is 36.7 Å². The van der Waals surface area contributed by atoms with Crippen LogP contribution in [-0.4, -0.2) is 4.98 Å². The second-order valence-corrected chi connectivity index (χ2v) is 3.25. The van der Waals surface area contributed by atoms with Gasteiger partial charge in [-0.05, 0) is 18.1 Å². The van der Waals surface area contributed by atoms with E-state index in [2.05, 4.69) is 24.9 Å². The first kappa shape index (κ1) is 9.73. The molecule has 68 valence electrons. The van der Waals surface area contributed by atoms with Crippen molar-refractivity contribution in [3.05, 3.63) is 30.1 Å². The van der Waals surface area contributed by atoms with Crippen LogP contribution in [-0.2, 0) is 0 Å². The van der Waals surface area contributed by atoms with E-state index < -0.39 is 0 Å². The molecule has 0 bridgehead atoms. The highest BCUT2D eigenvalue weighted by atomic mass is 14.7. The molecule has 0 fully saturated rings. The Labute approximate surface area is 79.2 Å². The molecule has 0 aliphatic rings. The zero-order valence-electron chi connectivity index (χ0n) is 8.07. The van der Waals surface area contributed by atoms with Crippen molar-refractivity contribution in [2.24, 2.45) is 5.92 Å². The number of hydrogen-bond donors (Lipinski definition) is 0. The fourth-order valence-electron chi connectivity index (χ4n) is 1.28. The summed E-state index contributed by atoms with van der Waals surface area (Å²) in [6.45, 7) is 4.18. The maximum atomic E-state index is 8.99. The number of pyridine rings is 1. The van der Waals surface area contributed by atoms with Gasteiger partial charge in [0.15, 0.2) is 0 Å². The van der Waals surface area contributed by atoms with Crippen LogP contribution in [0.5, 0.6) is 0 Å². The number of nitrogens with zero attached hydrogens (tertiary/aromatic N) is 2. The lowest BCUT2D eigenvalue weighted by molar-refractivity contribution is 0.506. The first-order chi connectivity index (χ1) is 6.29. The summed E-state index contributed by atoms with van der Waals surface area (Å²) < 4.78 is 0. The van der Waals surface area contributed by atoms with Gasteiger partial charge < -0.3 is 0 Å². The third-order valence-electron chi connectivity index (χ3n) is 2.36. The summed E-state index contributed by atoms with van der Waals surface area (Å²) in [6.07, 6.45) is 2.75. The molecule has 0 spiro atoms. The average molecular weight is 174 g/mol. The van der Waals surface area contributed by atoms with Gasteiger partial charge in [-0.3, -0.25) is 4.98 Å². The van der Waals surface area contributed by atoms with Crippen LogP contribution in [0.3, 0.4) is 0 Å². The molecule has 1 heterocycles. The Kier molecular flexibility index (Phi) is 3.45. The molecule has 0 radical (unpaired) electrons. The quantitative estimate of drug-likeness (QED) is 0.706. The SMILES string of the molecule is CCC(C)C(C#N)c1ccccn1. The highest BCUT2D eigenvalue weighted by Crippen LogP contribution is 2.23. The summed E-state index contributed by atoms with van der Waals surface area (Å²) >= 11 is 0. The fraction of sp³-hybridized carbons (Fsp3) is 0.455. The van der Waals surface area contributed by atoms with Crippen LogP contribution >= 0.6 is 0 Å². The molecule has 0 aliphatic carbocycles. The van der Waals surface area contributed by atoms with Gasteiger partial charge in [0, 0.05) is 6.20 Å². The van der Waals surface area contributed by atoms with Crippen molar-refractivity contribution in [3.8, 4) is 6.07 Å². The minimum atomic E-state index is -0.0637. The molecule has 0 N–H and O–H groups in total. The molecule has 1 rings (SSSR count). The Morgan fingerprint density at radius 2 is 2.31 bits per heavy atom. The first-order valence-electron chi connectivity index (χ1n) is 4.60.